The van der Waals surface area contributed by atoms with Gasteiger partial charge in [-0.15, -0.1) is 0 Å². The fraction of sp³-hybridized carbons (Fsp3) is 0.174. The average Bonchev–Trinajstić information content (AvgIpc) is 3.46. The Bertz CT molecular complexity index is 1270. The molecule has 1 saturated carbocycles. The number of nitrogens with zero attached hydrogens (tertiary/aromatic N) is 3. The molecule has 0 aliphatic heterocycles. The van der Waals surface area contributed by atoms with Crippen LogP contribution < -0.4 is 10.6 Å². The van der Waals surface area contributed by atoms with Crippen molar-refractivity contribution in [1.29, 1.82) is 0 Å². The number of aromatic nitrogens is 3. The lowest BCUT2D eigenvalue weighted by Gasteiger charge is -2.08. The first-order valence-electron chi connectivity index (χ1n) is 9.94. The van der Waals surface area contributed by atoms with E-state index >= 15 is 0 Å². The van der Waals surface area contributed by atoms with Crippen LogP contribution in [0.4, 0.5) is 11.5 Å². The molecule has 0 saturated heterocycles. The average molecular weight is 452 g/mol. The van der Waals surface area contributed by atoms with Gasteiger partial charge >= 0.3 is 0 Å². The molecule has 3 heterocycles. The number of pyridine rings is 2. The number of fused-ring (bicyclic) bond motifs is 1. The van der Waals surface area contributed by atoms with Gasteiger partial charge in [-0.1, -0.05) is 35.3 Å². The Balaban J connectivity index is 1.20. The third-order valence-electron chi connectivity index (χ3n) is 5.35. The topological polar surface area (TPSA) is 71.3 Å². The number of hydrogen-bond acceptors (Lipinski definition) is 4. The highest BCUT2D eigenvalue weighted by Gasteiger charge is 2.44. The summed E-state index contributed by atoms with van der Waals surface area (Å²) in [6.07, 6.45) is 6.24. The van der Waals surface area contributed by atoms with Gasteiger partial charge in [-0.05, 0) is 48.2 Å². The predicted molar refractivity (Wildman–Crippen MR) is 123 cm³/mol. The van der Waals surface area contributed by atoms with E-state index in [4.69, 9.17) is 23.2 Å². The Kier molecular flexibility index (Phi) is 5.26. The van der Waals surface area contributed by atoms with Crippen LogP contribution in [0.2, 0.25) is 10.0 Å². The van der Waals surface area contributed by atoms with E-state index < -0.39 is 0 Å². The van der Waals surface area contributed by atoms with E-state index in [9.17, 15) is 4.79 Å². The second kappa shape index (κ2) is 8.21. The summed E-state index contributed by atoms with van der Waals surface area (Å²) >= 11 is 12.1. The number of carbonyl (C=O) groups excluding carboxylic acids is 1. The molecule has 8 heteroatoms. The second-order valence-electron chi connectivity index (χ2n) is 7.62. The van der Waals surface area contributed by atoms with Crippen LogP contribution >= 0.6 is 23.2 Å². The molecule has 5 rings (SSSR count). The van der Waals surface area contributed by atoms with Gasteiger partial charge in [0.2, 0.25) is 5.91 Å². The molecule has 2 N–H and O–H groups in total. The predicted octanol–water partition coefficient (Wildman–Crippen LogP) is 5.39. The lowest BCUT2D eigenvalue weighted by molar-refractivity contribution is -0.117. The van der Waals surface area contributed by atoms with E-state index in [0.29, 0.717) is 22.4 Å². The molecule has 1 unspecified atom stereocenters. The van der Waals surface area contributed by atoms with Gasteiger partial charge in [0.1, 0.15) is 11.5 Å². The summed E-state index contributed by atoms with van der Waals surface area (Å²) in [7, 11) is 0. The standard InChI is InChI=1S/C23H19Cl2N5O/c24-15-3-1-2-14(8-15)19-10-20(19)23(31)29-21-9-17(6-7-26-21)27-11-18-13-30-12-16(25)4-5-22(30)28-18/h1-9,12-13,19-20H,10-11H2,(H2,26,27,29,31)/t19?,20-/m0/s1. The number of imidazole rings is 1. The van der Waals surface area contributed by atoms with E-state index in [1.165, 1.54) is 0 Å². The fourth-order valence-electron chi connectivity index (χ4n) is 3.71. The Morgan fingerprint density at radius 3 is 2.87 bits per heavy atom. The van der Waals surface area contributed by atoms with E-state index in [2.05, 4.69) is 20.6 Å². The molecule has 4 aromatic rings. The van der Waals surface area contributed by atoms with Crippen molar-refractivity contribution in [3.63, 3.8) is 0 Å². The molecule has 2 atom stereocenters. The van der Waals surface area contributed by atoms with Gasteiger partial charge in [0, 0.05) is 41.3 Å². The molecule has 1 aromatic carbocycles. The molecule has 3 aromatic heterocycles. The Morgan fingerprint density at radius 2 is 2.00 bits per heavy atom. The van der Waals surface area contributed by atoms with Crippen LogP contribution in [0, 0.1) is 5.92 Å². The zero-order valence-electron chi connectivity index (χ0n) is 16.4. The van der Waals surface area contributed by atoms with Gasteiger partial charge in [-0.25, -0.2) is 9.97 Å². The second-order valence-corrected chi connectivity index (χ2v) is 8.49. The molecular weight excluding hydrogens is 433 g/mol. The third-order valence-corrected chi connectivity index (χ3v) is 5.81. The Hall–Kier alpha value is -3.09. The molecule has 0 spiro atoms. The first-order chi connectivity index (χ1) is 15.0. The van der Waals surface area contributed by atoms with Gasteiger partial charge in [0.25, 0.3) is 0 Å². The first-order valence-corrected chi connectivity index (χ1v) is 10.7. The van der Waals surface area contributed by atoms with Crippen LogP contribution in [0.3, 0.4) is 0 Å². The molecular formula is C23H19Cl2N5O. The van der Waals surface area contributed by atoms with Crippen molar-refractivity contribution in [3.8, 4) is 0 Å². The van der Waals surface area contributed by atoms with E-state index in [1.807, 2.05) is 65.3 Å². The molecule has 6 nitrogen and oxygen atoms in total. The van der Waals surface area contributed by atoms with Gasteiger partial charge < -0.3 is 15.0 Å². The molecule has 0 radical (unpaired) electrons. The summed E-state index contributed by atoms with van der Waals surface area (Å²) in [5, 5.41) is 7.60. The summed E-state index contributed by atoms with van der Waals surface area (Å²) in [4.78, 5) is 21.5. The smallest absolute Gasteiger partial charge is 0.229 e. The summed E-state index contributed by atoms with van der Waals surface area (Å²) < 4.78 is 1.89. The van der Waals surface area contributed by atoms with E-state index in [-0.39, 0.29) is 17.7 Å². The van der Waals surface area contributed by atoms with Crippen LogP contribution in [0.15, 0.2) is 67.1 Å². The number of rotatable bonds is 6. The highest BCUT2D eigenvalue weighted by Crippen LogP contribution is 2.48. The Morgan fingerprint density at radius 1 is 1.10 bits per heavy atom. The van der Waals surface area contributed by atoms with Crippen LogP contribution in [0.1, 0.15) is 23.6 Å². The monoisotopic (exact) mass is 451 g/mol. The SMILES string of the molecule is O=C(Nc1cc(NCc2cn3cc(Cl)ccc3n2)ccn1)[C@H]1CC1c1cccc(Cl)c1. The quantitative estimate of drug-likeness (QED) is 0.412. The minimum absolute atomic E-state index is 0.0214. The highest BCUT2D eigenvalue weighted by atomic mass is 35.5. The maximum atomic E-state index is 12.6. The largest absolute Gasteiger partial charge is 0.379 e. The summed E-state index contributed by atoms with van der Waals surface area (Å²) in [5.41, 5.74) is 3.67. The number of benzene rings is 1. The molecule has 31 heavy (non-hydrogen) atoms. The van der Waals surface area contributed by atoms with Gasteiger partial charge in [0.15, 0.2) is 0 Å². The molecule has 0 bridgehead atoms. The van der Waals surface area contributed by atoms with Crippen molar-refractivity contribution in [1.82, 2.24) is 14.4 Å². The first kappa shape index (κ1) is 19.8. The maximum Gasteiger partial charge on any atom is 0.229 e. The lowest BCUT2D eigenvalue weighted by Crippen LogP contribution is -2.15. The number of carbonyl (C=O) groups is 1. The normalized spacial score (nSPS) is 17.5. The van der Waals surface area contributed by atoms with Gasteiger partial charge in [-0.3, -0.25) is 4.79 Å². The molecule has 1 fully saturated rings. The fourth-order valence-corrected chi connectivity index (χ4v) is 4.08. The summed E-state index contributed by atoms with van der Waals surface area (Å²) in [5.74, 6) is 0.658. The number of halogens is 2. The third kappa shape index (κ3) is 4.50. The minimum atomic E-state index is -0.0540. The number of hydrogen-bond donors (Lipinski definition) is 2. The van der Waals surface area contributed by atoms with Gasteiger partial charge in [0.05, 0.1) is 17.3 Å². The zero-order chi connectivity index (χ0) is 21.4. The van der Waals surface area contributed by atoms with Crippen molar-refractivity contribution in [3.05, 3.63) is 88.4 Å². The molecule has 1 amide bonds. The summed E-state index contributed by atoms with van der Waals surface area (Å²) in [6, 6.07) is 15.1. The maximum absolute atomic E-state index is 12.6. The van der Waals surface area contributed by atoms with Crippen LogP contribution in [-0.2, 0) is 11.3 Å². The van der Waals surface area contributed by atoms with Crippen molar-refractivity contribution in [2.75, 3.05) is 10.6 Å². The molecule has 1 aliphatic rings. The van der Waals surface area contributed by atoms with Crippen molar-refractivity contribution < 1.29 is 4.79 Å². The lowest BCUT2D eigenvalue weighted by atomic mass is 10.1. The number of anilines is 2. The summed E-state index contributed by atoms with van der Waals surface area (Å²) in [6.45, 7) is 0.538. The van der Waals surface area contributed by atoms with Crippen LogP contribution in [0.25, 0.3) is 5.65 Å². The van der Waals surface area contributed by atoms with Crippen molar-refractivity contribution in [2.24, 2.45) is 5.92 Å². The minimum Gasteiger partial charge on any atom is -0.379 e. The molecule has 156 valence electrons. The highest BCUT2D eigenvalue weighted by molar-refractivity contribution is 6.30. The zero-order valence-corrected chi connectivity index (χ0v) is 17.9. The Labute approximate surface area is 189 Å². The van der Waals surface area contributed by atoms with E-state index in [0.717, 1.165) is 29.0 Å². The van der Waals surface area contributed by atoms with Crippen LogP contribution in [-0.4, -0.2) is 20.3 Å². The van der Waals surface area contributed by atoms with Gasteiger partial charge in [-0.2, -0.15) is 0 Å². The van der Waals surface area contributed by atoms with Crippen molar-refractivity contribution in [2.45, 2.75) is 18.9 Å². The van der Waals surface area contributed by atoms with E-state index in [1.54, 1.807) is 6.20 Å². The van der Waals surface area contributed by atoms with Crippen molar-refractivity contribution >= 4 is 46.3 Å². The number of amides is 1. The van der Waals surface area contributed by atoms with Crippen LogP contribution in [0.5, 0.6) is 0 Å². The molecule has 1 aliphatic carbocycles. The number of nitrogens with one attached hydrogen (secondary N) is 2.